The van der Waals surface area contributed by atoms with Gasteiger partial charge in [-0.2, -0.15) is 5.10 Å². The number of nitrogens with zero attached hydrogens (tertiary/aromatic N) is 2. The molecular formula is C15H19BrN2O. The molecule has 0 saturated heterocycles. The van der Waals surface area contributed by atoms with Crippen LogP contribution in [0, 0.1) is 13.8 Å². The predicted molar refractivity (Wildman–Crippen MR) is 80.5 cm³/mol. The van der Waals surface area contributed by atoms with Crippen LogP contribution in [0.5, 0.6) is 5.75 Å². The summed E-state index contributed by atoms with van der Waals surface area (Å²) in [5.74, 6) is 0.936. The standard InChI is InChI=1S/C15H19BrN2O/c1-5-12-15(16)13(18(4)17-12)9-19-14-8-10(2)6-7-11(14)3/h6-8H,5,9H2,1-4H3. The van der Waals surface area contributed by atoms with Gasteiger partial charge in [0.1, 0.15) is 12.4 Å². The lowest BCUT2D eigenvalue weighted by Crippen LogP contribution is -2.04. The third kappa shape index (κ3) is 3.00. The van der Waals surface area contributed by atoms with Gasteiger partial charge >= 0.3 is 0 Å². The van der Waals surface area contributed by atoms with Crippen molar-refractivity contribution in [3.63, 3.8) is 0 Å². The maximum Gasteiger partial charge on any atom is 0.131 e. The zero-order valence-electron chi connectivity index (χ0n) is 11.8. The first kappa shape index (κ1) is 14.1. The maximum atomic E-state index is 5.93. The molecule has 0 fully saturated rings. The maximum absolute atomic E-state index is 5.93. The van der Waals surface area contributed by atoms with E-state index in [0.29, 0.717) is 6.61 Å². The van der Waals surface area contributed by atoms with E-state index in [4.69, 9.17) is 4.74 Å². The minimum atomic E-state index is 0.522. The second-order valence-corrected chi connectivity index (χ2v) is 5.54. The van der Waals surface area contributed by atoms with Crippen molar-refractivity contribution < 1.29 is 4.74 Å². The van der Waals surface area contributed by atoms with E-state index >= 15 is 0 Å². The highest BCUT2D eigenvalue weighted by atomic mass is 79.9. The molecule has 1 aromatic heterocycles. The van der Waals surface area contributed by atoms with Gasteiger partial charge in [0.05, 0.1) is 15.9 Å². The fourth-order valence-corrected chi connectivity index (χ4v) is 2.72. The molecule has 0 radical (unpaired) electrons. The topological polar surface area (TPSA) is 27.1 Å². The number of hydrogen-bond acceptors (Lipinski definition) is 2. The molecule has 102 valence electrons. The quantitative estimate of drug-likeness (QED) is 0.852. The molecule has 1 aromatic carbocycles. The number of halogens is 1. The zero-order chi connectivity index (χ0) is 14.0. The number of hydrogen-bond donors (Lipinski definition) is 0. The molecular weight excluding hydrogens is 304 g/mol. The second-order valence-electron chi connectivity index (χ2n) is 4.74. The Morgan fingerprint density at radius 3 is 2.68 bits per heavy atom. The SMILES string of the molecule is CCc1nn(C)c(COc2cc(C)ccc2C)c1Br. The van der Waals surface area contributed by atoms with Gasteiger partial charge in [0, 0.05) is 7.05 Å². The van der Waals surface area contributed by atoms with Gasteiger partial charge in [-0.25, -0.2) is 0 Å². The van der Waals surface area contributed by atoms with Gasteiger partial charge in [0.15, 0.2) is 0 Å². The lowest BCUT2D eigenvalue weighted by molar-refractivity contribution is 0.292. The summed E-state index contributed by atoms with van der Waals surface area (Å²) in [6.45, 7) is 6.75. The van der Waals surface area contributed by atoms with E-state index in [1.807, 2.05) is 11.7 Å². The Hall–Kier alpha value is -1.29. The number of aromatic nitrogens is 2. The van der Waals surface area contributed by atoms with Crippen molar-refractivity contribution in [2.45, 2.75) is 33.8 Å². The fourth-order valence-electron chi connectivity index (χ4n) is 1.99. The van der Waals surface area contributed by atoms with E-state index < -0.39 is 0 Å². The summed E-state index contributed by atoms with van der Waals surface area (Å²) in [4.78, 5) is 0. The lowest BCUT2D eigenvalue weighted by Gasteiger charge is -2.10. The highest BCUT2D eigenvalue weighted by molar-refractivity contribution is 9.10. The molecule has 0 N–H and O–H groups in total. The third-order valence-corrected chi connectivity index (χ3v) is 4.13. The van der Waals surface area contributed by atoms with E-state index in [9.17, 15) is 0 Å². The Balaban J connectivity index is 2.19. The van der Waals surface area contributed by atoms with Gasteiger partial charge in [-0.15, -0.1) is 0 Å². The van der Waals surface area contributed by atoms with Crippen LogP contribution in [0.15, 0.2) is 22.7 Å². The minimum absolute atomic E-state index is 0.522. The molecule has 0 aliphatic carbocycles. The van der Waals surface area contributed by atoms with E-state index in [1.165, 1.54) is 5.56 Å². The molecule has 0 unspecified atom stereocenters. The van der Waals surface area contributed by atoms with Crippen molar-refractivity contribution >= 4 is 15.9 Å². The van der Waals surface area contributed by atoms with Crippen molar-refractivity contribution in [3.05, 3.63) is 45.2 Å². The van der Waals surface area contributed by atoms with E-state index in [2.05, 4.69) is 60.0 Å². The molecule has 2 aromatic rings. The Morgan fingerprint density at radius 2 is 2.05 bits per heavy atom. The van der Waals surface area contributed by atoms with E-state index in [1.54, 1.807) is 0 Å². The van der Waals surface area contributed by atoms with Gasteiger partial charge < -0.3 is 4.74 Å². The normalized spacial score (nSPS) is 10.8. The number of benzene rings is 1. The smallest absolute Gasteiger partial charge is 0.131 e. The molecule has 0 aliphatic heterocycles. The molecule has 1 heterocycles. The molecule has 0 spiro atoms. The summed E-state index contributed by atoms with van der Waals surface area (Å²) < 4.78 is 8.87. The van der Waals surface area contributed by atoms with Gasteiger partial charge in [-0.1, -0.05) is 19.1 Å². The summed E-state index contributed by atoms with van der Waals surface area (Å²) >= 11 is 3.61. The van der Waals surface area contributed by atoms with Crippen LogP contribution in [-0.4, -0.2) is 9.78 Å². The van der Waals surface area contributed by atoms with Gasteiger partial charge in [0.2, 0.25) is 0 Å². The highest BCUT2D eigenvalue weighted by Gasteiger charge is 2.13. The Morgan fingerprint density at radius 1 is 1.32 bits per heavy atom. The fraction of sp³-hybridized carbons (Fsp3) is 0.400. The number of ether oxygens (including phenoxy) is 1. The minimum Gasteiger partial charge on any atom is -0.487 e. The Bertz CT molecular complexity index is 590. The van der Waals surface area contributed by atoms with Crippen molar-refractivity contribution in [2.75, 3.05) is 0 Å². The van der Waals surface area contributed by atoms with Crippen LogP contribution in [0.3, 0.4) is 0 Å². The van der Waals surface area contributed by atoms with Crippen LogP contribution < -0.4 is 4.74 Å². The summed E-state index contributed by atoms with van der Waals surface area (Å²) in [5, 5.41) is 4.47. The number of aryl methyl sites for hydroxylation is 4. The van der Waals surface area contributed by atoms with Gasteiger partial charge in [-0.05, 0) is 53.4 Å². The molecule has 0 amide bonds. The summed E-state index contributed by atoms with van der Waals surface area (Å²) in [6.07, 6.45) is 0.915. The van der Waals surface area contributed by atoms with Crippen LogP contribution >= 0.6 is 15.9 Å². The summed E-state index contributed by atoms with van der Waals surface area (Å²) in [7, 11) is 1.95. The van der Waals surface area contributed by atoms with Crippen LogP contribution in [0.4, 0.5) is 0 Å². The van der Waals surface area contributed by atoms with Gasteiger partial charge in [0.25, 0.3) is 0 Å². The molecule has 19 heavy (non-hydrogen) atoms. The van der Waals surface area contributed by atoms with E-state index in [0.717, 1.165) is 33.6 Å². The predicted octanol–water partition coefficient (Wildman–Crippen LogP) is 3.94. The monoisotopic (exact) mass is 322 g/mol. The molecule has 2 rings (SSSR count). The van der Waals surface area contributed by atoms with Crippen molar-refractivity contribution in [2.24, 2.45) is 7.05 Å². The first-order chi connectivity index (χ1) is 9.02. The largest absolute Gasteiger partial charge is 0.487 e. The molecule has 0 aliphatic rings. The van der Waals surface area contributed by atoms with Crippen molar-refractivity contribution in [1.82, 2.24) is 9.78 Å². The van der Waals surface area contributed by atoms with Crippen LogP contribution in [0.25, 0.3) is 0 Å². The van der Waals surface area contributed by atoms with Gasteiger partial charge in [-0.3, -0.25) is 4.68 Å². The van der Waals surface area contributed by atoms with Crippen LogP contribution in [-0.2, 0) is 20.1 Å². The van der Waals surface area contributed by atoms with Crippen molar-refractivity contribution in [3.8, 4) is 5.75 Å². The highest BCUT2D eigenvalue weighted by Crippen LogP contribution is 2.25. The second kappa shape index (κ2) is 5.78. The Labute approximate surface area is 122 Å². The average molecular weight is 323 g/mol. The first-order valence-electron chi connectivity index (χ1n) is 6.43. The van der Waals surface area contributed by atoms with Crippen LogP contribution in [0.1, 0.15) is 29.4 Å². The summed E-state index contributed by atoms with van der Waals surface area (Å²) in [6, 6.07) is 6.25. The Kier molecular flexibility index (Phi) is 4.30. The molecule has 0 saturated carbocycles. The average Bonchev–Trinajstić information content (AvgIpc) is 2.66. The van der Waals surface area contributed by atoms with Crippen LogP contribution in [0.2, 0.25) is 0 Å². The molecule has 0 atom stereocenters. The molecule has 3 nitrogen and oxygen atoms in total. The lowest BCUT2D eigenvalue weighted by atomic mass is 10.1. The molecule has 0 bridgehead atoms. The number of rotatable bonds is 4. The first-order valence-corrected chi connectivity index (χ1v) is 7.22. The zero-order valence-corrected chi connectivity index (χ0v) is 13.4. The summed E-state index contributed by atoms with van der Waals surface area (Å²) in [5.41, 5.74) is 4.50. The van der Waals surface area contributed by atoms with Crippen molar-refractivity contribution in [1.29, 1.82) is 0 Å². The van der Waals surface area contributed by atoms with E-state index in [-0.39, 0.29) is 0 Å². The third-order valence-electron chi connectivity index (χ3n) is 3.21. The molecule has 4 heteroatoms.